The van der Waals surface area contributed by atoms with E-state index in [0.717, 1.165) is 43.2 Å². The van der Waals surface area contributed by atoms with Crippen molar-refractivity contribution in [1.82, 2.24) is 5.32 Å². The minimum absolute atomic E-state index is 0.0734. The third-order valence-corrected chi connectivity index (χ3v) is 13.4. The molecule has 47 heavy (non-hydrogen) atoms. The number of alkyl carbamates (subject to hydrolysis) is 1. The Morgan fingerprint density at radius 3 is 1.87 bits per heavy atom. The van der Waals surface area contributed by atoms with E-state index in [9.17, 15) is 14.7 Å². The van der Waals surface area contributed by atoms with Crippen molar-refractivity contribution in [2.75, 3.05) is 6.16 Å². The van der Waals surface area contributed by atoms with Crippen LogP contribution in [0.25, 0.3) is 0 Å². The maximum absolute atomic E-state index is 15.6. The zero-order valence-corrected chi connectivity index (χ0v) is 28.1. The SMILES string of the molecule is O=C(NC(Cc1ccccc1)P(=O)(CC(CCCCc1ccccc1)C(=O)O)OC12CC3CC(CC(C3)C1)C2)OCc1ccccc1. The van der Waals surface area contributed by atoms with Gasteiger partial charge < -0.3 is 19.7 Å². The number of hydrogen-bond acceptors (Lipinski definition) is 5. The highest BCUT2D eigenvalue weighted by Gasteiger charge is 2.55. The van der Waals surface area contributed by atoms with E-state index in [1.165, 1.54) is 24.8 Å². The summed E-state index contributed by atoms with van der Waals surface area (Å²) in [6.45, 7) is 0.0734. The molecule has 3 aromatic rings. The largest absolute Gasteiger partial charge is 0.481 e. The van der Waals surface area contributed by atoms with Gasteiger partial charge in [0, 0.05) is 12.6 Å². The molecule has 3 aromatic carbocycles. The molecular formula is C39H48NO6P. The lowest BCUT2D eigenvalue weighted by atomic mass is 9.54. The zero-order chi connectivity index (χ0) is 32.7. The lowest BCUT2D eigenvalue weighted by Crippen LogP contribution is -2.52. The first-order valence-corrected chi connectivity index (χ1v) is 19.2. The summed E-state index contributed by atoms with van der Waals surface area (Å²) in [5.74, 6) is -1.08. The van der Waals surface area contributed by atoms with E-state index in [1.54, 1.807) is 0 Å². The summed E-state index contributed by atoms with van der Waals surface area (Å²) >= 11 is 0. The van der Waals surface area contributed by atoms with Crippen LogP contribution in [0.15, 0.2) is 91.0 Å². The van der Waals surface area contributed by atoms with Gasteiger partial charge in [0.2, 0.25) is 7.37 Å². The van der Waals surface area contributed by atoms with E-state index in [0.29, 0.717) is 30.6 Å². The maximum Gasteiger partial charge on any atom is 0.408 e. The summed E-state index contributed by atoms with van der Waals surface area (Å²) in [7, 11) is -3.80. The summed E-state index contributed by atoms with van der Waals surface area (Å²) in [6, 6.07) is 29.2. The van der Waals surface area contributed by atoms with E-state index in [-0.39, 0.29) is 19.2 Å². The van der Waals surface area contributed by atoms with Crippen molar-refractivity contribution >= 4 is 19.4 Å². The van der Waals surface area contributed by atoms with Gasteiger partial charge in [-0.3, -0.25) is 9.36 Å². The minimum atomic E-state index is -3.80. The molecule has 0 aromatic heterocycles. The van der Waals surface area contributed by atoms with Crippen LogP contribution in [-0.2, 0) is 38.1 Å². The van der Waals surface area contributed by atoms with E-state index < -0.39 is 36.7 Å². The van der Waals surface area contributed by atoms with Gasteiger partial charge in [-0.15, -0.1) is 0 Å². The lowest BCUT2D eigenvalue weighted by molar-refractivity contribution is -0.141. The second kappa shape index (κ2) is 15.2. The summed E-state index contributed by atoms with van der Waals surface area (Å²) in [6.07, 6.45) is 8.40. The van der Waals surface area contributed by atoms with Gasteiger partial charge in [0.15, 0.2) is 0 Å². The number of carboxylic acid groups (broad SMARTS) is 1. The molecule has 4 fully saturated rings. The summed E-state index contributed by atoms with van der Waals surface area (Å²) < 4.78 is 28.3. The average Bonchev–Trinajstić information content (AvgIpc) is 3.05. The van der Waals surface area contributed by atoms with E-state index in [4.69, 9.17) is 9.26 Å². The van der Waals surface area contributed by atoms with Crippen LogP contribution in [-0.4, -0.2) is 34.7 Å². The number of unbranched alkanes of at least 4 members (excludes halogenated alkanes) is 1. The van der Waals surface area contributed by atoms with Crippen LogP contribution in [0.4, 0.5) is 4.79 Å². The molecule has 3 atom stereocenters. The zero-order valence-electron chi connectivity index (χ0n) is 27.2. The molecule has 0 heterocycles. The van der Waals surface area contributed by atoms with Crippen LogP contribution in [0.2, 0.25) is 0 Å². The van der Waals surface area contributed by atoms with Gasteiger partial charge in [0.25, 0.3) is 0 Å². The molecule has 7 nitrogen and oxygen atoms in total. The van der Waals surface area contributed by atoms with Crippen LogP contribution >= 0.6 is 7.37 Å². The van der Waals surface area contributed by atoms with Crippen molar-refractivity contribution in [1.29, 1.82) is 0 Å². The number of carbonyl (C=O) groups is 2. The number of carboxylic acids is 1. The highest BCUT2D eigenvalue weighted by atomic mass is 31.2. The van der Waals surface area contributed by atoms with Crippen molar-refractivity contribution in [3.8, 4) is 0 Å². The monoisotopic (exact) mass is 657 g/mol. The summed E-state index contributed by atoms with van der Waals surface area (Å²) in [4.78, 5) is 26.1. The molecule has 8 heteroatoms. The van der Waals surface area contributed by atoms with Crippen molar-refractivity contribution in [2.45, 2.75) is 88.6 Å². The van der Waals surface area contributed by atoms with Crippen LogP contribution in [0, 0.1) is 23.7 Å². The predicted molar refractivity (Wildman–Crippen MR) is 183 cm³/mol. The fraction of sp³-hybridized carbons (Fsp3) is 0.487. The summed E-state index contributed by atoms with van der Waals surface area (Å²) in [5.41, 5.74) is 2.42. The van der Waals surface area contributed by atoms with E-state index >= 15 is 4.57 Å². The molecule has 0 saturated heterocycles. The van der Waals surface area contributed by atoms with Gasteiger partial charge in [-0.25, -0.2) is 4.79 Å². The topological polar surface area (TPSA) is 102 Å². The smallest absolute Gasteiger partial charge is 0.408 e. The molecule has 0 radical (unpaired) electrons. The maximum atomic E-state index is 15.6. The molecule has 4 aliphatic rings. The molecule has 2 N–H and O–H groups in total. The minimum Gasteiger partial charge on any atom is -0.481 e. The van der Waals surface area contributed by atoms with Gasteiger partial charge in [-0.2, -0.15) is 0 Å². The first-order valence-electron chi connectivity index (χ1n) is 17.3. The van der Waals surface area contributed by atoms with Crippen LogP contribution in [0.1, 0.15) is 74.5 Å². The standard InChI is InChI=1S/C39H48NO6P/c41-37(42)35(19-11-10-14-29-12-4-1-5-13-29)28-47(44,46-39-24-32-20-33(25-39)22-34(21-32)26-39)36(23-30-15-6-2-7-16-30)40-38(43)45-27-31-17-8-3-9-18-31/h1-9,12-13,15-18,32-36H,10-11,14,19-28H2,(H,40,43)(H,41,42). The molecule has 3 unspecified atom stereocenters. The molecule has 0 spiro atoms. The van der Waals surface area contributed by atoms with Gasteiger partial charge >= 0.3 is 12.1 Å². The van der Waals surface area contributed by atoms with Crippen molar-refractivity contribution in [2.24, 2.45) is 23.7 Å². The van der Waals surface area contributed by atoms with Crippen LogP contribution < -0.4 is 5.32 Å². The first-order chi connectivity index (χ1) is 22.8. The highest BCUT2D eigenvalue weighted by molar-refractivity contribution is 7.59. The van der Waals surface area contributed by atoms with Gasteiger partial charge in [0.05, 0.1) is 11.5 Å². The van der Waals surface area contributed by atoms with Gasteiger partial charge in [0.1, 0.15) is 12.4 Å². The lowest BCUT2D eigenvalue weighted by Gasteiger charge is -2.57. The number of amides is 1. The number of aryl methyl sites for hydroxylation is 1. The molecular weight excluding hydrogens is 609 g/mol. The van der Waals surface area contributed by atoms with Gasteiger partial charge in [-0.1, -0.05) is 97.4 Å². The Morgan fingerprint density at radius 2 is 1.32 bits per heavy atom. The number of aliphatic carboxylic acids is 1. The third kappa shape index (κ3) is 8.94. The van der Waals surface area contributed by atoms with Crippen LogP contribution in [0.5, 0.6) is 0 Å². The Labute approximate surface area is 278 Å². The fourth-order valence-electron chi connectivity index (χ4n) is 8.69. The molecule has 250 valence electrons. The summed E-state index contributed by atoms with van der Waals surface area (Å²) in [5, 5.41) is 13.4. The molecule has 1 amide bonds. The van der Waals surface area contributed by atoms with Crippen molar-refractivity contribution in [3.05, 3.63) is 108 Å². The fourth-order valence-corrected chi connectivity index (χ4v) is 11.8. The Balaban J connectivity index is 1.25. The molecule has 7 rings (SSSR count). The number of benzene rings is 3. The normalized spacial score (nSPS) is 25.4. The van der Waals surface area contributed by atoms with Crippen molar-refractivity contribution < 1.29 is 28.5 Å². The Bertz CT molecular complexity index is 1480. The molecule has 4 saturated carbocycles. The number of ether oxygens (including phenoxy) is 1. The average molecular weight is 658 g/mol. The van der Waals surface area contributed by atoms with Crippen LogP contribution in [0.3, 0.4) is 0 Å². The number of rotatable bonds is 16. The quantitative estimate of drug-likeness (QED) is 0.118. The Morgan fingerprint density at radius 1 is 0.787 bits per heavy atom. The van der Waals surface area contributed by atoms with E-state index in [1.807, 2.05) is 78.9 Å². The number of nitrogens with one attached hydrogen (secondary N) is 1. The molecule has 0 aliphatic heterocycles. The molecule has 4 bridgehead atoms. The second-order valence-electron chi connectivity index (χ2n) is 14.3. The second-order valence-corrected chi connectivity index (χ2v) is 16.9. The highest BCUT2D eigenvalue weighted by Crippen LogP contribution is 2.65. The van der Waals surface area contributed by atoms with Gasteiger partial charge in [-0.05, 0) is 92.2 Å². The Hall–Kier alpha value is -3.41. The van der Waals surface area contributed by atoms with E-state index in [2.05, 4.69) is 17.4 Å². The van der Waals surface area contributed by atoms with Crippen molar-refractivity contribution in [3.63, 3.8) is 0 Å². The number of hydrogen-bond donors (Lipinski definition) is 2. The first kappa shape index (κ1) is 33.5. The Kier molecular flexibility index (Phi) is 10.8. The number of carbonyl (C=O) groups excluding carboxylic acids is 1. The molecule has 4 aliphatic carbocycles. The predicted octanol–water partition coefficient (Wildman–Crippen LogP) is 8.86. The third-order valence-electron chi connectivity index (χ3n) is 10.5.